The van der Waals surface area contributed by atoms with Gasteiger partial charge in [0.1, 0.15) is 0 Å². The summed E-state index contributed by atoms with van der Waals surface area (Å²) in [5.41, 5.74) is 0. The molecule has 6 nitrogen and oxygen atoms in total. The van der Waals surface area contributed by atoms with Crippen LogP contribution >= 0.6 is 0 Å². The Bertz CT molecular complexity index is 1070. The highest BCUT2D eigenvalue weighted by molar-refractivity contribution is 5.76. The first-order valence-corrected chi connectivity index (χ1v) is 29.3. The lowest BCUT2D eigenvalue weighted by molar-refractivity contribution is -0.143. The maximum Gasteiger partial charge on any atom is 0.305 e. The zero-order valence-electron chi connectivity index (χ0n) is 44.2. The number of nitrogens with one attached hydrogen (secondary N) is 1. The number of ether oxygens (including phenoxy) is 1. The second kappa shape index (κ2) is 55.7. The Kier molecular flexibility index (Phi) is 54.1. The van der Waals surface area contributed by atoms with Crippen molar-refractivity contribution in [2.75, 3.05) is 13.2 Å². The van der Waals surface area contributed by atoms with Gasteiger partial charge in [0.25, 0.3) is 0 Å². The number of allylic oxidation sites excluding steroid dienone is 6. The molecule has 388 valence electrons. The van der Waals surface area contributed by atoms with E-state index in [0.29, 0.717) is 25.9 Å². The molecule has 0 bridgehead atoms. The summed E-state index contributed by atoms with van der Waals surface area (Å²) in [7, 11) is 0. The minimum atomic E-state index is -0.671. The number of carbonyl (C=O) groups excluding carboxylic acids is 2. The molecule has 0 aliphatic rings. The van der Waals surface area contributed by atoms with Gasteiger partial charge in [-0.3, -0.25) is 9.59 Å². The lowest BCUT2D eigenvalue weighted by Gasteiger charge is -2.22. The fraction of sp³-hybridized carbons (Fsp3) is 0.867. The lowest BCUT2D eigenvalue weighted by atomic mass is 10.0. The van der Waals surface area contributed by atoms with Crippen molar-refractivity contribution in [3.8, 4) is 0 Å². The van der Waals surface area contributed by atoms with Gasteiger partial charge in [-0.25, -0.2) is 0 Å². The Morgan fingerprint density at radius 1 is 0.424 bits per heavy atom. The molecule has 0 aromatic carbocycles. The second-order valence-corrected chi connectivity index (χ2v) is 20.0. The van der Waals surface area contributed by atoms with Gasteiger partial charge in [-0.05, 0) is 83.5 Å². The van der Waals surface area contributed by atoms with E-state index < -0.39 is 12.1 Å². The van der Waals surface area contributed by atoms with Crippen LogP contribution in [0, 0.1) is 0 Å². The van der Waals surface area contributed by atoms with Crippen molar-refractivity contribution >= 4 is 11.9 Å². The number of hydrogen-bond donors (Lipinski definition) is 3. The van der Waals surface area contributed by atoms with Crippen LogP contribution in [0.2, 0.25) is 0 Å². The summed E-state index contributed by atoms with van der Waals surface area (Å²) < 4.78 is 5.44. The molecule has 2 unspecified atom stereocenters. The summed E-state index contributed by atoms with van der Waals surface area (Å²) >= 11 is 0. The van der Waals surface area contributed by atoms with Crippen LogP contribution in [0.4, 0.5) is 0 Å². The largest absolute Gasteiger partial charge is 0.466 e. The quantitative estimate of drug-likeness (QED) is 0.0244. The fourth-order valence-electron chi connectivity index (χ4n) is 8.92. The third-order valence-corrected chi connectivity index (χ3v) is 13.4. The van der Waals surface area contributed by atoms with Gasteiger partial charge in [-0.15, -0.1) is 0 Å². The molecule has 0 radical (unpaired) electrons. The van der Waals surface area contributed by atoms with Gasteiger partial charge in [0, 0.05) is 12.8 Å². The highest BCUT2D eigenvalue weighted by Crippen LogP contribution is 2.17. The average Bonchev–Trinajstić information content (AvgIpc) is 3.32. The standard InChI is InChI=1S/C60H113NO5/c1-3-5-7-9-11-13-15-17-19-25-28-32-36-40-44-48-52-58(63)57(56-62)61-59(64)53-49-45-41-37-33-29-26-23-21-20-22-24-27-31-35-39-43-47-51-55-66-60(65)54-50-46-42-38-34-30-18-16-14-12-10-8-6-4-2/h16,18,24,27,31,35,57-58,62-63H,3-15,17,19-23,25-26,28-30,32-34,36-56H2,1-2H3,(H,61,64)/b18-16-,27-24-,35-31-. The van der Waals surface area contributed by atoms with E-state index in [4.69, 9.17) is 4.74 Å². The molecule has 0 spiro atoms. The molecule has 0 rings (SSSR count). The first kappa shape index (κ1) is 64.1. The maximum atomic E-state index is 12.5. The van der Waals surface area contributed by atoms with E-state index in [-0.39, 0.29) is 18.5 Å². The van der Waals surface area contributed by atoms with E-state index in [2.05, 4.69) is 55.6 Å². The molecule has 0 aliphatic heterocycles. The maximum absolute atomic E-state index is 12.5. The number of esters is 1. The van der Waals surface area contributed by atoms with E-state index in [9.17, 15) is 19.8 Å². The van der Waals surface area contributed by atoms with Gasteiger partial charge in [0.15, 0.2) is 0 Å². The summed E-state index contributed by atoms with van der Waals surface area (Å²) in [5, 5.41) is 23.3. The van der Waals surface area contributed by atoms with Crippen molar-refractivity contribution in [3.05, 3.63) is 36.5 Å². The number of aliphatic hydroxyl groups is 2. The van der Waals surface area contributed by atoms with E-state index in [1.54, 1.807) is 0 Å². The monoisotopic (exact) mass is 928 g/mol. The molecule has 1 amide bonds. The molecule has 66 heavy (non-hydrogen) atoms. The van der Waals surface area contributed by atoms with Crippen LogP contribution in [0.25, 0.3) is 0 Å². The van der Waals surface area contributed by atoms with Crippen molar-refractivity contribution in [2.45, 2.75) is 321 Å². The number of carbonyl (C=O) groups is 2. The van der Waals surface area contributed by atoms with Crippen molar-refractivity contribution in [1.82, 2.24) is 5.32 Å². The molecule has 0 aromatic heterocycles. The summed E-state index contributed by atoms with van der Waals surface area (Å²) in [4.78, 5) is 24.5. The molecule has 6 heteroatoms. The fourth-order valence-corrected chi connectivity index (χ4v) is 8.92. The van der Waals surface area contributed by atoms with Crippen LogP contribution in [-0.4, -0.2) is 47.4 Å². The summed E-state index contributed by atoms with van der Waals surface area (Å²) in [6.07, 6.45) is 68.5. The van der Waals surface area contributed by atoms with Gasteiger partial charge in [-0.1, -0.05) is 249 Å². The highest BCUT2D eigenvalue weighted by Gasteiger charge is 2.20. The topological polar surface area (TPSA) is 95.9 Å². The van der Waals surface area contributed by atoms with Crippen LogP contribution in [0.1, 0.15) is 309 Å². The summed E-state index contributed by atoms with van der Waals surface area (Å²) in [6, 6.07) is -0.550. The molecule has 3 N–H and O–H groups in total. The zero-order valence-corrected chi connectivity index (χ0v) is 44.2. The van der Waals surface area contributed by atoms with Crippen molar-refractivity contribution < 1.29 is 24.5 Å². The predicted octanol–water partition coefficient (Wildman–Crippen LogP) is 18.0. The number of hydrogen-bond acceptors (Lipinski definition) is 5. The van der Waals surface area contributed by atoms with Gasteiger partial charge < -0.3 is 20.3 Å². The van der Waals surface area contributed by atoms with Gasteiger partial charge in [-0.2, -0.15) is 0 Å². The molecule has 0 saturated carbocycles. The van der Waals surface area contributed by atoms with Crippen molar-refractivity contribution in [2.24, 2.45) is 0 Å². The molecule has 0 aliphatic carbocycles. The Morgan fingerprint density at radius 2 is 0.758 bits per heavy atom. The smallest absolute Gasteiger partial charge is 0.305 e. The Balaban J connectivity index is 3.48. The third-order valence-electron chi connectivity index (χ3n) is 13.4. The first-order chi connectivity index (χ1) is 32.5. The Hall–Kier alpha value is -1.92. The highest BCUT2D eigenvalue weighted by atomic mass is 16.5. The Morgan fingerprint density at radius 3 is 1.17 bits per heavy atom. The third kappa shape index (κ3) is 51.5. The summed E-state index contributed by atoms with van der Waals surface area (Å²) in [6.45, 7) is 4.91. The zero-order chi connectivity index (χ0) is 47.9. The van der Waals surface area contributed by atoms with Crippen molar-refractivity contribution in [1.29, 1.82) is 0 Å². The van der Waals surface area contributed by atoms with Crippen LogP contribution in [0.3, 0.4) is 0 Å². The van der Waals surface area contributed by atoms with Crippen molar-refractivity contribution in [3.63, 3.8) is 0 Å². The van der Waals surface area contributed by atoms with Crippen LogP contribution in [0.15, 0.2) is 36.5 Å². The predicted molar refractivity (Wildman–Crippen MR) is 287 cm³/mol. The van der Waals surface area contributed by atoms with E-state index >= 15 is 0 Å². The second-order valence-electron chi connectivity index (χ2n) is 20.0. The van der Waals surface area contributed by atoms with Gasteiger partial charge in [0.05, 0.1) is 25.4 Å². The molecule has 0 saturated heterocycles. The summed E-state index contributed by atoms with van der Waals surface area (Å²) in [5.74, 6) is -0.0658. The lowest BCUT2D eigenvalue weighted by Crippen LogP contribution is -2.45. The number of amides is 1. The van der Waals surface area contributed by atoms with E-state index in [1.807, 2.05) is 0 Å². The molecule has 2 atom stereocenters. The Labute approximate surface area is 411 Å². The van der Waals surface area contributed by atoms with E-state index in [1.165, 1.54) is 205 Å². The normalized spacial score (nSPS) is 12.8. The number of unbranched alkanes of at least 4 members (excludes halogenated alkanes) is 38. The number of rotatable bonds is 54. The average molecular weight is 929 g/mol. The molecule has 0 heterocycles. The van der Waals surface area contributed by atoms with Gasteiger partial charge in [0.2, 0.25) is 5.91 Å². The minimum absolute atomic E-state index is 0.0219. The molecule has 0 aromatic rings. The molecule has 0 fully saturated rings. The van der Waals surface area contributed by atoms with Crippen LogP contribution in [-0.2, 0) is 14.3 Å². The molecular weight excluding hydrogens is 815 g/mol. The first-order valence-electron chi connectivity index (χ1n) is 29.3. The molecular formula is C60H113NO5. The van der Waals surface area contributed by atoms with Crippen LogP contribution in [0.5, 0.6) is 0 Å². The minimum Gasteiger partial charge on any atom is -0.466 e. The number of aliphatic hydroxyl groups excluding tert-OH is 2. The van der Waals surface area contributed by atoms with Crippen LogP contribution < -0.4 is 5.32 Å². The van der Waals surface area contributed by atoms with Gasteiger partial charge >= 0.3 is 5.97 Å². The van der Waals surface area contributed by atoms with E-state index in [0.717, 1.165) is 70.6 Å². The SMILES string of the molecule is CCCCCCC/C=C\CCCCCCCC(=O)OCCCCC/C=C\C=C/CCCCCCCCCCCCC(=O)NC(CO)C(O)CCCCCCCCCCCCCCCCCC.